The average Bonchev–Trinajstić information content (AvgIpc) is 3.24. The lowest BCUT2D eigenvalue weighted by Crippen LogP contribution is -2.42. The number of aromatic carboxylic acids is 1. The quantitative estimate of drug-likeness (QED) is 0.383. The van der Waals surface area contributed by atoms with Crippen LogP contribution in [-0.2, 0) is 30.5 Å². The maximum atomic E-state index is 13.8. The summed E-state index contributed by atoms with van der Waals surface area (Å²) >= 11 is 0. The third-order valence-corrected chi connectivity index (χ3v) is 6.17. The number of carboxylic acids is 1. The minimum Gasteiger partial charge on any atom is -0.476 e. The monoisotopic (exact) mass is 551 g/mol. The molecule has 1 aliphatic heterocycles. The van der Waals surface area contributed by atoms with Gasteiger partial charge in [0, 0.05) is 31.6 Å². The Bertz CT molecular complexity index is 1130. The summed E-state index contributed by atoms with van der Waals surface area (Å²) in [7, 11) is 0. The fourth-order valence-electron chi connectivity index (χ4n) is 4.07. The lowest BCUT2D eigenvalue weighted by Gasteiger charge is -2.30. The number of amides is 1. The van der Waals surface area contributed by atoms with Crippen LogP contribution in [0.2, 0.25) is 0 Å². The molecule has 3 N–H and O–H groups in total. The lowest BCUT2D eigenvalue weighted by molar-refractivity contribution is -0.148. The van der Waals surface area contributed by atoms with Crippen LogP contribution in [0, 0.1) is 17.5 Å². The van der Waals surface area contributed by atoms with E-state index in [-0.39, 0.29) is 37.2 Å². The average molecular weight is 552 g/mol. The van der Waals surface area contributed by atoms with Crippen LogP contribution in [0.25, 0.3) is 0 Å². The van der Waals surface area contributed by atoms with Gasteiger partial charge >= 0.3 is 12.1 Å². The standard InChI is InChI=1S/C18H16F6N4O3.C6H15N/c19-10-6-12(21)11(20)4-8(10)3-9(25)5-14(29)27-1-2-28-13(7-27)15(16(30)31)26-17(28)18(22,23)24;1-4-7(5-2)6-3/h4,6,9H,1-3,5,7,25H2,(H,30,31);4-6H2,1-3H3/t9-;/m1./s1. The van der Waals surface area contributed by atoms with Crippen molar-refractivity contribution in [2.45, 2.75) is 58.9 Å². The van der Waals surface area contributed by atoms with Crippen molar-refractivity contribution in [3.8, 4) is 0 Å². The van der Waals surface area contributed by atoms with Crippen LogP contribution in [0.3, 0.4) is 0 Å². The molecule has 0 saturated heterocycles. The number of aromatic nitrogens is 2. The van der Waals surface area contributed by atoms with Crippen LogP contribution < -0.4 is 5.73 Å². The molecule has 8 nitrogen and oxygen atoms in total. The summed E-state index contributed by atoms with van der Waals surface area (Å²) < 4.78 is 80.1. The smallest absolute Gasteiger partial charge is 0.449 e. The number of halogens is 6. The number of carbonyl (C=O) groups excluding carboxylic acids is 1. The van der Waals surface area contributed by atoms with E-state index in [1.165, 1.54) is 19.6 Å². The molecule has 0 bridgehead atoms. The Morgan fingerprint density at radius 3 is 2.13 bits per heavy atom. The fourth-order valence-corrected chi connectivity index (χ4v) is 4.07. The van der Waals surface area contributed by atoms with Gasteiger partial charge in [0.15, 0.2) is 17.3 Å². The summed E-state index contributed by atoms with van der Waals surface area (Å²) in [5, 5.41) is 9.16. The molecule has 0 saturated carbocycles. The van der Waals surface area contributed by atoms with Crippen LogP contribution in [0.15, 0.2) is 12.1 Å². The Hall–Kier alpha value is -3.13. The first-order chi connectivity index (χ1) is 17.7. The van der Waals surface area contributed by atoms with Crippen molar-refractivity contribution in [3.63, 3.8) is 0 Å². The highest BCUT2D eigenvalue weighted by Crippen LogP contribution is 2.32. The molecular weight excluding hydrogens is 520 g/mol. The first kappa shape index (κ1) is 31.1. The van der Waals surface area contributed by atoms with Crippen LogP contribution in [-0.4, -0.2) is 68.6 Å². The van der Waals surface area contributed by atoms with Crippen molar-refractivity contribution in [3.05, 3.63) is 52.4 Å². The van der Waals surface area contributed by atoms with Gasteiger partial charge < -0.3 is 25.2 Å². The molecule has 1 aromatic carbocycles. The number of carboxylic acid groups (broad SMARTS) is 1. The number of alkyl halides is 3. The minimum atomic E-state index is -4.87. The second-order valence-electron chi connectivity index (χ2n) is 8.65. The molecule has 1 atom stereocenters. The molecule has 38 heavy (non-hydrogen) atoms. The first-order valence-electron chi connectivity index (χ1n) is 12.0. The summed E-state index contributed by atoms with van der Waals surface area (Å²) in [5.41, 5.74) is 4.49. The third kappa shape index (κ3) is 7.69. The van der Waals surface area contributed by atoms with Gasteiger partial charge in [-0.2, -0.15) is 13.2 Å². The highest BCUT2D eigenvalue weighted by molar-refractivity contribution is 5.87. The number of benzene rings is 1. The predicted molar refractivity (Wildman–Crippen MR) is 126 cm³/mol. The molecule has 1 aromatic heterocycles. The van der Waals surface area contributed by atoms with Gasteiger partial charge in [-0.15, -0.1) is 0 Å². The summed E-state index contributed by atoms with van der Waals surface area (Å²) in [6.45, 7) is 9.20. The third-order valence-electron chi connectivity index (χ3n) is 6.17. The van der Waals surface area contributed by atoms with Crippen LogP contribution in [0.5, 0.6) is 0 Å². The Morgan fingerprint density at radius 2 is 1.63 bits per heavy atom. The van der Waals surface area contributed by atoms with Gasteiger partial charge in [-0.1, -0.05) is 20.8 Å². The molecule has 212 valence electrons. The number of hydrogen-bond donors (Lipinski definition) is 2. The zero-order valence-electron chi connectivity index (χ0n) is 21.3. The molecular formula is C24H31F6N5O3. The molecule has 0 spiro atoms. The second-order valence-corrected chi connectivity index (χ2v) is 8.65. The van der Waals surface area contributed by atoms with E-state index < -0.39 is 59.6 Å². The number of fused-ring (bicyclic) bond motifs is 1. The van der Waals surface area contributed by atoms with E-state index in [9.17, 15) is 35.9 Å². The summed E-state index contributed by atoms with van der Waals surface area (Å²) in [6, 6.07) is -0.00786. The number of imidazole rings is 1. The molecule has 0 aliphatic carbocycles. The van der Waals surface area contributed by atoms with Crippen LogP contribution in [0.4, 0.5) is 26.3 Å². The van der Waals surface area contributed by atoms with Gasteiger partial charge in [0.25, 0.3) is 0 Å². The zero-order chi connectivity index (χ0) is 28.8. The van der Waals surface area contributed by atoms with Crippen LogP contribution in [0.1, 0.15) is 54.8 Å². The first-order valence-corrected chi connectivity index (χ1v) is 12.0. The number of nitrogens with two attached hydrogens (primary N) is 1. The molecule has 0 fully saturated rings. The largest absolute Gasteiger partial charge is 0.476 e. The van der Waals surface area contributed by atoms with Crippen LogP contribution >= 0.6 is 0 Å². The van der Waals surface area contributed by atoms with Crippen molar-refractivity contribution in [2.24, 2.45) is 5.73 Å². The summed E-state index contributed by atoms with van der Waals surface area (Å²) in [5.74, 6) is -7.33. The van der Waals surface area contributed by atoms with Gasteiger partial charge in [0.1, 0.15) is 5.82 Å². The fraction of sp³-hybridized carbons (Fsp3) is 0.542. The molecule has 3 rings (SSSR count). The van der Waals surface area contributed by atoms with Gasteiger partial charge in [0.2, 0.25) is 11.7 Å². The maximum Gasteiger partial charge on any atom is 0.449 e. The molecule has 2 aromatic rings. The topological polar surface area (TPSA) is 105 Å². The van der Waals surface area contributed by atoms with Crippen molar-refractivity contribution >= 4 is 11.9 Å². The lowest BCUT2D eigenvalue weighted by atomic mass is 10.0. The molecule has 1 aliphatic rings. The normalized spacial score (nSPS) is 14.1. The number of rotatable bonds is 8. The highest BCUT2D eigenvalue weighted by atomic mass is 19.4. The molecule has 1 amide bonds. The number of nitrogens with zero attached hydrogens (tertiary/aromatic N) is 4. The number of carbonyl (C=O) groups is 2. The Labute approximate surface area is 216 Å². The molecule has 0 radical (unpaired) electrons. The van der Waals surface area contributed by atoms with Crippen molar-refractivity contribution in [1.82, 2.24) is 19.4 Å². The van der Waals surface area contributed by atoms with Gasteiger partial charge in [-0.05, 0) is 37.7 Å². The van der Waals surface area contributed by atoms with Crippen molar-refractivity contribution < 1.29 is 41.0 Å². The van der Waals surface area contributed by atoms with E-state index in [4.69, 9.17) is 10.8 Å². The Kier molecular flexibility index (Phi) is 10.7. The molecule has 2 heterocycles. The number of hydrogen-bond acceptors (Lipinski definition) is 5. The SMILES string of the molecule is CCN(CC)CC.N[C@@H](CC(=O)N1CCn2c(C(F)(F)F)nc(C(=O)O)c2C1)Cc1cc(F)c(F)cc1F. The summed E-state index contributed by atoms with van der Waals surface area (Å²) in [4.78, 5) is 30.5. The van der Waals surface area contributed by atoms with E-state index in [1.807, 2.05) is 0 Å². The van der Waals surface area contributed by atoms with E-state index in [0.717, 1.165) is 4.90 Å². The van der Waals surface area contributed by atoms with E-state index in [2.05, 4.69) is 30.7 Å². The Morgan fingerprint density at radius 1 is 1.05 bits per heavy atom. The van der Waals surface area contributed by atoms with Gasteiger partial charge in [0.05, 0.1) is 12.2 Å². The zero-order valence-corrected chi connectivity index (χ0v) is 21.3. The molecule has 14 heteroatoms. The van der Waals surface area contributed by atoms with E-state index >= 15 is 0 Å². The predicted octanol–water partition coefficient (Wildman–Crippen LogP) is 3.67. The summed E-state index contributed by atoms with van der Waals surface area (Å²) in [6.07, 6.45) is -5.54. The highest BCUT2D eigenvalue weighted by Gasteiger charge is 2.41. The van der Waals surface area contributed by atoms with E-state index in [1.54, 1.807) is 0 Å². The minimum absolute atomic E-state index is 0.156. The van der Waals surface area contributed by atoms with Gasteiger partial charge in [-0.25, -0.2) is 22.9 Å². The van der Waals surface area contributed by atoms with Crippen molar-refractivity contribution in [2.75, 3.05) is 26.2 Å². The van der Waals surface area contributed by atoms with Crippen molar-refractivity contribution in [1.29, 1.82) is 0 Å². The maximum absolute atomic E-state index is 13.8. The van der Waals surface area contributed by atoms with Gasteiger partial charge in [-0.3, -0.25) is 4.79 Å². The molecule has 0 unspecified atom stereocenters. The van der Waals surface area contributed by atoms with E-state index in [0.29, 0.717) is 16.7 Å². The Balaban J connectivity index is 0.000000638. The second kappa shape index (κ2) is 13.1.